The van der Waals surface area contributed by atoms with Crippen molar-refractivity contribution in [2.24, 2.45) is 0 Å². The molecule has 3 rings (SSSR count). The van der Waals surface area contributed by atoms with Crippen molar-refractivity contribution < 1.29 is 9.90 Å². The lowest BCUT2D eigenvalue weighted by Crippen LogP contribution is -2.42. The van der Waals surface area contributed by atoms with Crippen LogP contribution in [0.1, 0.15) is 35.9 Å². The van der Waals surface area contributed by atoms with Crippen molar-refractivity contribution >= 4 is 5.91 Å². The molecule has 3 aromatic rings. The van der Waals surface area contributed by atoms with E-state index in [2.05, 4.69) is 20.5 Å². The number of nitrogens with zero attached hydrogens (tertiary/aromatic N) is 2. The summed E-state index contributed by atoms with van der Waals surface area (Å²) in [7, 11) is 0. The van der Waals surface area contributed by atoms with Crippen LogP contribution in [0.5, 0.6) is 0 Å². The first kappa shape index (κ1) is 16.9. The Morgan fingerprint density at radius 2 is 1.84 bits per heavy atom. The second-order valence-electron chi connectivity index (χ2n) is 6.37. The molecule has 0 aliphatic heterocycles. The predicted molar refractivity (Wildman–Crippen MR) is 94.8 cm³/mol. The van der Waals surface area contributed by atoms with Gasteiger partial charge in [0.25, 0.3) is 5.91 Å². The Morgan fingerprint density at radius 1 is 1.16 bits per heavy atom. The van der Waals surface area contributed by atoms with Gasteiger partial charge < -0.3 is 10.4 Å². The zero-order valence-electron chi connectivity index (χ0n) is 14.1. The molecule has 25 heavy (non-hydrogen) atoms. The number of hydrogen-bond donors (Lipinski definition) is 3. The number of rotatable bonds is 5. The minimum Gasteiger partial charge on any atom is -0.388 e. The first-order chi connectivity index (χ1) is 11.9. The highest BCUT2D eigenvalue weighted by atomic mass is 16.3. The number of aliphatic hydroxyl groups is 1. The molecule has 1 unspecified atom stereocenters. The van der Waals surface area contributed by atoms with Crippen molar-refractivity contribution in [2.45, 2.75) is 25.5 Å². The van der Waals surface area contributed by atoms with E-state index in [0.29, 0.717) is 11.4 Å². The number of aromatic nitrogens is 3. The summed E-state index contributed by atoms with van der Waals surface area (Å²) >= 11 is 0. The van der Waals surface area contributed by atoms with Gasteiger partial charge in [0.15, 0.2) is 0 Å². The largest absolute Gasteiger partial charge is 0.388 e. The highest BCUT2D eigenvalue weighted by molar-refractivity contribution is 5.93. The van der Waals surface area contributed by atoms with E-state index in [9.17, 15) is 9.90 Å². The third kappa shape index (κ3) is 3.92. The second-order valence-corrected chi connectivity index (χ2v) is 6.37. The molecule has 0 saturated heterocycles. The number of hydrogen-bond acceptors (Lipinski definition) is 4. The number of carbonyl (C=O) groups is 1. The molecule has 0 radical (unpaired) electrons. The van der Waals surface area contributed by atoms with Crippen LogP contribution in [0.2, 0.25) is 0 Å². The van der Waals surface area contributed by atoms with Gasteiger partial charge in [0.2, 0.25) is 0 Å². The van der Waals surface area contributed by atoms with Crippen LogP contribution in [0.3, 0.4) is 0 Å². The number of carbonyl (C=O) groups excluding carboxylic acids is 1. The number of amides is 1. The molecule has 0 bridgehead atoms. The zero-order valence-corrected chi connectivity index (χ0v) is 14.1. The van der Waals surface area contributed by atoms with E-state index in [-0.39, 0.29) is 5.91 Å². The summed E-state index contributed by atoms with van der Waals surface area (Å²) in [6, 6.07) is 14.2. The Labute approximate surface area is 145 Å². The van der Waals surface area contributed by atoms with Crippen LogP contribution in [0, 0.1) is 0 Å². The van der Waals surface area contributed by atoms with E-state index in [4.69, 9.17) is 0 Å². The van der Waals surface area contributed by atoms with Crippen LogP contribution >= 0.6 is 0 Å². The maximum absolute atomic E-state index is 12.6. The third-order valence-electron chi connectivity index (χ3n) is 3.91. The van der Waals surface area contributed by atoms with Gasteiger partial charge in [-0.25, -0.2) is 0 Å². The minimum absolute atomic E-state index is 0.330. The van der Waals surface area contributed by atoms with Gasteiger partial charge in [0.1, 0.15) is 5.69 Å². The highest BCUT2D eigenvalue weighted by Gasteiger charge is 2.30. The first-order valence-corrected chi connectivity index (χ1v) is 7.99. The summed E-state index contributed by atoms with van der Waals surface area (Å²) in [5.74, 6) is -0.330. The van der Waals surface area contributed by atoms with Crippen molar-refractivity contribution in [2.75, 3.05) is 0 Å². The lowest BCUT2D eigenvalue weighted by molar-refractivity contribution is 0.0342. The molecule has 6 nitrogen and oxygen atoms in total. The number of aromatic amines is 1. The van der Waals surface area contributed by atoms with Crippen LogP contribution in [-0.4, -0.2) is 31.8 Å². The van der Waals surface area contributed by atoms with E-state index >= 15 is 0 Å². The van der Waals surface area contributed by atoms with Gasteiger partial charge in [-0.3, -0.25) is 14.9 Å². The summed E-state index contributed by atoms with van der Waals surface area (Å²) in [6.45, 7) is 3.33. The topological polar surface area (TPSA) is 90.9 Å². The molecular formula is C19H20N4O2. The van der Waals surface area contributed by atoms with Gasteiger partial charge in [-0.05, 0) is 37.6 Å². The molecular weight excluding hydrogens is 316 g/mol. The molecule has 128 valence electrons. The van der Waals surface area contributed by atoms with Crippen LogP contribution in [0.25, 0.3) is 11.3 Å². The van der Waals surface area contributed by atoms with Crippen LogP contribution in [-0.2, 0) is 0 Å². The van der Waals surface area contributed by atoms with Crippen molar-refractivity contribution in [3.63, 3.8) is 0 Å². The smallest absolute Gasteiger partial charge is 0.269 e. The van der Waals surface area contributed by atoms with E-state index < -0.39 is 11.6 Å². The van der Waals surface area contributed by atoms with Crippen LogP contribution in [0.15, 0.2) is 60.9 Å². The summed E-state index contributed by atoms with van der Waals surface area (Å²) in [4.78, 5) is 16.6. The number of nitrogens with one attached hydrogen (secondary N) is 2. The van der Waals surface area contributed by atoms with Crippen molar-refractivity contribution in [1.82, 2.24) is 20.5 Å². The molecule has 2 aromatic heterocycles. The van der Waals surface area contributed by atoms with Gasteiger partial charge in [-0.15, -0.1) is 0 Å². The molecule has 0 spiro atoms. The van der Waals surface area contributed by atoms with E-state index in [0.717, 1.165) is 11.1 Å². The zero-order chi connectivity index (χ0) is 17.9. The molecule has 0 saturated carbocycles. The molecule has 0 aliphatic carbocycles. The summed E-state index contributed by atoms with van der Waals surface area (Å²) in [5, 5.41) is 20.3. The molecule has 0 aliphatic rings. The molecule has 3 N–H and O–H groups in total. The molecule has 6 heteroatoms. The fourth-order valence-corrected chi connectivity index (χ4v) is 2.63. The Balaban J connectivity index is 1.82. The lowest BCUT2D eigenvalue weighted by atomic mass is 9.92. The van der Waals surface area contributed by atoms with Crippen LogP contribution < -0.4 is 5.32 Å². The van der Waals surface area contributed by atoms with Crippen molar-refractivity contribution in [1.29, 1.82) is 0 Å². The maximum Gasteiger partial charge on any atom is 0.269 e. The molecule has 1 amide bonds. The first-order valence-electron chi connectivity index (χ1n) is 7.99. The SMILES string of the molecule is CC(C)(O)C(NC(=O)c1cc(-c2ccncc2)n[nH]1)c1ccccc1. The van der Waals surface area contributed by atoms with Gasteiger partial charge in [0, 0.05) is 18.0 Å². The minimum atomic E-state index is -1.12. The fourth-order valence-electron chi connectivity index (χ4n) is 2.63. The maximum atomic E-state index is 12.6. The molecule has 1 aromatic carbocycles. The second kappa shape index (κ2) is 6.86. The quantitative estimate of drug-likeness (QED) is 0.668. The average Bonchev–Trinajstić information content (AvgIpc) is 3.10. The van der Waals surface area contributed by atoms with Crippen LogP contribution in [0.4, 0.5) is 0 Å². The Kier molecular flexibility index (Phi) is 4.63. The normalized spacial score (nSPS) is 12.6. The predicted octanol–water partition coefficient (Wildman–Crippen LogP) is 2.71. The summed E-state index contributed by atoms with van der Waals surface area (Å²) < 4.78 is 0. The monoisotopic (exact) mass is 336 g/mol. The van der Waals surface area contributed by atoms with E-state index in [1.807, 2.05) is 42.5 Å². The molecule has 2 heterocycles. The van der Waals surface area contributed by atoms with Gasteiger partial charge >= 0.3 is 0 Å². The number of H-pyrrole nitrogens is 1. The average molecular weight is 336 g/mol. The van der Waals surface area contributed by atoms with Crippen molar-refractivity contribution in [3.8, 4) is 11.3 Å². The van der Waals surface area contributed by atoms with E-state index in [1.54, 1.807) is 32.3 Å². The van der Waals surface area contributed by atoms with Gasteiger partial charge in [-0.2, -0.15) is 5.10 Å². The number of benzene rings is 1. The van der Waals surface area contributed by atoms with Gasteiger partial charge in [0.05, 0.1) is 17.3 Å². The van der Waals surface area contributed by atoms with Crippen molar-refractivity contribution in [3.05, 3.63) is 72.2 Å². The lowest BCUT2D eigenvalue weighted by Gasteiger charge is -2.30. The Bertz CT molecular complexity index is 839. The molecule has 0 fully saturated rings. The summed E-state index contributed by atoms with van der Waals surface area (Å²) in [5.41, 5.74) is 1.57. The van der Waals surface area contributed by atoms with Gasteiger partial charge in [-0.1, -0.05) is 30.3 Å². The third-order valence-corrected chi connectivity index (χ3v) is 3.91. The summed E-state index contributed by atoms with van der Waals surface area (Å²) in [6.07, 6.45) is 3.34. The Hall–Kier alpha value is -2.99. The standard InChI is InChI=1S/C19H20N4O2/c1-19(2,25)17(14-6-4-3-5-7-14)21-18(24)16-12-15(22-23-16)13-8-10-20-11-9-13/h3-12,17,25H,1-2H3,(H,21,24)(H,22,23). The Morgan fingerprint density at radius 3 is 2.48 bits per heavy atom. The van der Waals surface area contributed by atoms with E-state index in [1.165, 1.54) is 0 Å². The number of pyridine rings is 1. The molecule has 1 atom stereocenters. The fraction of sp³-hybridized carbons (Fsp3) is 0.211. The highest BCUT2D eigenvalue weighted by Crippen LogP contribution is 2.26.